The number of nitrogens with one attached hydrogen (secondary N) is 2. The summed E-state index contributed by atoms with van der Waals surface area (Å²) in [5, 5.41) is 18.2. The number of hydrogen-bond donors (Lipinski definition) is 3. The topological polar surface area (TPSA) is 69.0 Å². The molecule has 0 unspecified atom stereocenters. The summed E-state index contributed by atoms with van der Waals surface area (Å²) in [5.41, 5.74) is 7.52. The third-order valence-corrected chi connectivity index (χ3v) is 4.51. The second-order valence-corrected chi connectivity index (χ2v) is 6.98. The zero-order valence-electron chi connectivity index (χ0n) is 12.3. The average molecular weight is 373 g/mol. The summed E-state index contributed by atoms with van der Waals surface area (Å²) in [6.45, 7) is 1.92. The Hall–Kier alpha value is -1.16. The van der Waals surface area contributed by atoms with E-state index in [1.54, 1.807) is 0 Å². The maximum absolute atomic E-state index is 10.2. The second-order valence-electron chi connectivity index (χ2n) is 4.02. The first-order chi connectivity index (χ1) is 10.5. The summed E-state index contributed by atoms with van der Waals surface area (Å²) in [6, 6.07) is 3.64. The molecule has 1 aromatic carbocycles. The van der Waals surface area contributed by atoms with Gasteiger partial charge in [-0.15, -0.1) is 0 Å². The smallest absolute Gasteiger partial charge is 0.153 e. The van der Waals surface area contributed by atoms with Gasteiger partial charge in [0.05, 0.1) is 12.4 Å². The van der Waals surface area contributed by atoms with Crippen LogP contribution in [0.2, 0.25) is 0 Å². The number of thiocarbonyl (C=S) groups is 2. The lowest BCUT2D eigenvalue weighted by atomic mass is 10.1. The molecular formula is C13H16N4OS4. The van der Waals surface area contributed by atoms with E-state index in [1.807, 2.05) is 31.6 Å². The number of aromatic hydroxyl groups is 1. The van der Waals surface area contributed by atoms with Crippen LogP contribution < -0.4 is 10.9 Å². The summed E-state index contributed by atoms with van der Waals surface area (Å²) in [4.78, 5) is 0. The number of phenols is 1. The number of aryl methyl sites for hydroxylation is 1. The molecule has 0 aliphatic rings. The largest absolute Gasteiger partial charge is 0.507 e. The van der Waals surface area contributed by atoms with Crippen molar-refractivity contribution in [3.05, 3.63) is 28.8 Å². The lowest BCUT2D eigenvalue weighted by Gasteiger charge is -2.06. The number of rotatable bonds is 4. The molecule has 0 aromatic heterocycles. The normalized spacial score (nSPS) is 11.0. The molecule has 0 aliphatic carbocycles. The summed E-state index contributed by atoms with van der Waals surface area (Å²) < 4.78 is 1.11. The summed E-state index contributed by atoms with van der Waals surface area (Å²) >= 11 is 12.7. The Labute approximate surface area is 149 Å². The van der Waals surface area contributed by atoms with Crippen LogP contribution in [0.4, 0.5) is 0 Å². The summed E-state index contributed by atoms with van der Waals surface area (Å²) in [5.74, 6) is 0.0897. The highest BCUT2D eigenvalue weighted by Crippen LogP contribution is 2.21. The Balaban J connectivity index is 2.92. The lowest BCUT2D eigenvalue weighted by Crippen LogP contribution is -2.11. The first-order valence-electron chi connectivity index (χ1n) is 6.05. The standard InChI is InChI=1S/C13H16N4OS4/c1-8-4-9(6-14-16-12(19)21-2)11(18)10(5-8)7-15-17-13(20)22-3/h4-7,18H,1-3H3,(H,16,19)(H,17,20)/b14-6+,15-7+. The van der Waals surface area contributed by atoms with Crippen LogP contribution in [0, 0.1) is 6.92 Å². The van der Waals surface area contributed by atoms with Crippen LogP contribution in [0.3, 0.4) is 0 Å². The molecule has 0 heterocycles. The quantitative estimate of drug-likeness (QED) is 0.426. The summed E-state index contributed by atoms with van der Waals surface area (Å²) in [7, 11) is 0. The van der Waals surface area contributed by atoms with Gasteiger partial charge in [-0.05, 0) is 37.1 Å². The van der Waals surface area contributed by atoms with Crippen LogP contribution in [-0.4, -0.2) is 38.7 Å². The number of benzene rings is 1. The number of thioether (sulfide) groups is 2. The maximum Gasteiger partial charge on any atom is 0.153 e. The van der Waals surface area contributed by atoms with E-state index in [2.05, 4.69) is 21.1 Å². The monoisotopic (exact) mass is 372 g/mol. The SMILES string of the molecule is CSC(=S)N/N=C/c1cc(C)cc(/C=N/NC(=S)SC)c1O. The predicted molar refractivity (Wildman–Crippen MR) is 107 cm³/mol. The van der Waals surface area contributed by atoms with Crippen molar-refractivity contribution in [3.8, 4) is 5.75 Å². The molecule has 5 nitrogen and oxygen atoms in total. The molecule has 118 valence electrons. The average Bonchev–Trinajstić information content (AvgIpc) is 2.50. The van der Waals surface area contributed by atoms with Gasteiger partial charge in [-0.1, -0.05) is 48.0 Å². The Kier molecular flexibility index (Phi) is 8.39. The molecule has 0 fully saturated rings. The molecule has 0 aliphatic heterocycles. The van der Waals surface area contributed by atoms with Crippen LogP contribution in [0.25, 0.3) is 0 Å². The van der Waals surface area contributed by atoms with Gasteiger partial charge in [0.1, 0.15) is 5.75 Å². The fourth-order valence-corrected chi connectivity index (χ4v) is 1.83. The van der Waals surface area contributed by atoms with Gasteiger partial charge in [-0.3, -0.25) is 10.9 Å². The van der Waals surface area contributed by atoms with E-state index < -0.39 is 0 Å². The Bertz CT molecular complexity index is 567. The molecule has 0 saturated carbocycles. The number of hydrogen-bond acceptors (Lipinski definition) is 7. The van der Waals surface area contributed by atoms with Crippen molar-refractivity contribution in [1.29, 1.82) is 0 Å². The van der Waals surface area contributed by atoms with E-state index in [0.717, 1.165) is 5.56 Å². The van der Waals surface area contributed by atoms with E-state index in [-0.39, 0.29) is 5.75 Å². The molecule has 22 heavy (non-hydrogen) atoms. The van der Waals surface area contributed by atoms with Crippen LogP contribution in [0.15, 0.2) is 22.3 Å². The van der Waals surface area contributed by atoms with Crippen LogP contribution >= 0.6 is 48.0 Å². The first-order valence-corrected chi connectivity index (χ1v) is 9.32. The Morgan fingerprint density at radius 2 is 1.45 bits per heavy atom. The molecule has 1 aromatic rings. The zero-order chi connectivity index (χ0) is 16.5. The van der Waals surface area contributed by atoms with E-state index in [1.165, 1.54) is 36.0 Å². The fourth-order valence-electron chi connectivity index (χ4n) is 1.43. The molecule has 0 amide bonds. The molecule has 0 spiro atoms. The highest BCUT2D eigenvalue weighted by molar-refractivity contribution is 8.22. The molecule has 0 saturated heterocycles. The minimum atomic E-state index is 0.0897. The first kappa shape index (κ1) is 18.9. The third kappa shape index (κ3) is 6.30. The van der Waals surface area contributed by atoms with Crippen molar-refractivity contribution in [2.75, 3.05) is 12.5 Å². The van der Waals surface area contributed by atoms with Gasteiger partial charge in [-0.2, -0.15) is 10.2 Å². The highest BCUT2D eigenvalue weighted by atomic mass is 32.2. The number of nitrogens with zero attached hydrogens (tertiary/aromatic N) is 2. The minimum absolute atomic E-state index is 0.0897. The van der Waals surface area contributed by atoms with Crippen molar-refractivity contribution in [2.24, 2.45) is 10.2 Å². The molecule has 0 atom stereocenters. The van der Waals surface area contributed by atoms with Gasteiger partial charge >= 0.3 is 0 Å². The highest BCUT2D eigenvalue weighted by Gasteiger charge is 2.06. The van der Waals surface area contributed by atoms with Gasteiger partial charge in [0.25, 0.3) is 0 Å². The van der Waals surface area contributed by atoms with Crippen molar-refractivity contribution < 1.29 is 5.11 Å². The van der Waals surface area contributed by atoms with E-state index in [9.17, 15) is 5.11 Å². The minimum Gasteiger partial charge on any atom is -0.507 e. The molecule has 0 bridgehead atoms. The molecule has 9 heteroatoms. The Morgan fingerprint density at radius 3 is 1.82 bits per heavy atom. The predicted octanol–water partition coefficient (Wildman–Crippen LogP) is 2.84. The van der Waals surface area contributed by atoms with E-state index >= 15 is 0 Å². The Morgan fingerprint density at radius 1 is 1.05 bits per heavy atom. The van der Waals surface area contributed by atoms with Crippen molar-refractivity contribution >= 4 is 69.0 Å². The number of phenolic OH excluding ortho intramolecular Hbond substituents is 1. The second kappa shape index (κ2) is 9.78. The van der Waals surface area contributed by atoms with Gasteiger partial charge in [0, 0.05) is 11.1 Å². The van der Waals surface area contributed by atoms with Gasteiger partial charge in [0.15, 0.2) is 8.64 Å². The van der Waals surface area contributed by atoms with E-state index in [4.69, 9.17) is 24.4 Å². The molecule has 0 radical (unpaired) electrons. The fraction of sp³-hybridized carbons (Fsp3) is 0.231. The van der Waals surface area contributed by atoms with E-state index in [0.29, 0.717) is 19.8 Å². The lowest BCUT2D eigenvalue weighted by molar-refractivity contribution is 0.473. The summed E-state index contributed by atoms with van der Waals surface area (Å²) in [6.07, 6.45) is 6.75. The van der Waals surface area contributed by atoms with Crippen molar-refractivity contribution in [3.63, 3.8) is 0 Å². The van der Waals surface area contributed by atoms with Gasteiger partial charge in [-0.25, -0.2) is 0 Å². The zero-order valence-corrected chi connectivity index (χ0v) is 15.6. The van der Waals surface area contributed by atoms with Crippen LogP contribution in [0.1, 0.15) is 16.7 Å². The van der Waals surface area contributed by atoms with Gasteiger partial charge < -0.3 is 5.11 Å². The van der Waals surface area contributed by atoms with Crippen molar-refractivity contribution in [1.82, 2.24) is 10.9 Å². The van der Waals surface area contributed by atoms with Gasteiger partial charge in [0.2, 0.25) is 0 Å². The number of hydrazone groups is 2. The molecule has 3 N–H and O–H groups in total. The van der Waals surface area contributed by atoms with Crippen LogP contribution in [0.5, 0.6) is 5.75 Å². The maximum atomic E-state index is 10.2. The van der Waals surface area contributed by atoms with Crippen LogP contribution in [-0.2, 0) is 0 Å². The molecule has 1 rings (SSSR count). The molecular weight excluding hydrogens is 356 g/mol. The van der Waals surface area contributed by atoms with Crippen molar-refractivity contribution in [2.45, 2.75) is 6.92 Å². The third-order valence-electron chi connectivity index (χ3n) is 2.40.